The van der Waals surface area contributed by atoms with Gasteiger partial charge < -0.3 is 9.80 Å². The third-order valence-electron chi connectivity index (χ3n) is 2.92. The maximum atomic E-state index is 12.0. The summed E-state index contributed by atoms with van der Waals surface area (Å²) in [4.78, 5) is 20.5. The van der Waals surface area contributed by atoms with Crippen molar-refractivity contribution in [1.82, 2.24) is 9.80 Å². The van der Waals surface area contributed by atoms with Gasteiger partial charge in [0.05, 0.1) is 6.54 Å². The zero-order chi connectivity index (χ0) is 13.7. The Morgan fingerprint density at radius 3 is 2.67 bits per heavy atom. The number of hydrogen-bond donors (Lipinski definition) is 0. The SMILES string of the molecule is C/C=C1/CN(C(=O)CN(C)C)CCC1=NC(C)C. The largest absolute Gasteiger partial charge is 0.337 e. The second-order valence-electron chi connectivity index (χ2n) is 5.29. The second-order valence-corrected chi connectivity index (χ2v) is 5.29. The number of carbonyl (C=O) groups is 1. The third-order valence-corrected chi connectivity index (χ3v) is 2.92. The van der Waals surface area contributed by atoms with Crippen LogP contribution in [0.5, 0.6) is 0 Å². The summed E-state index contributed by atoms with van der Waals surface area (Å²) in [7, 11) is 3.84. The summed E-state index contributed by atoms with van der Waals surface area (Å²) in [5.41, 5.74) is 2.36. The number of nitrogens with zero attached hydrogens (tertiary/aromatic N) is 3. The van der Waals surface area contributed by atoms with Gasteiger partial charge in [-0.15, -0.1) is 0 Å². The molecule has 0 saturated carbocycles. The average molecular weight is 251 g/mol. The lowest BCUT2D eigenvalue weighted by Gasteiger charge is -2.31. The number of piperidine rings is 1. The van der Waals surface area contributed by atoms with Gasteiger partial charge in [0, 0.05) is 31.3 Å². The van der Waals surface area contributed by atoms with Gasteiger partial charge in [0.1, 0.15) is 0 Å². The van der Waals surface area contributed by atoms with E-state index in [0.29, 0.717) is 19.1 Å². The first-order chi connectivity index (χ1) is 8.43. The number of likely N-dealkylation sites (tertiary alicyclic amines) is 1. The zero-order valence-electron chi connectivity index (χ0n) is 12.2. The van der Waals surface area contributed by atoms with Crippen molar-refractivity contribution in [3.63, 3.8) is 0 Å². The van der Waals surface area contributed by atoms with Crippen LogP contribution in [-0.4, -0.2) is 61.2 Å². The van der Waals surface area contributed by atoms with Crippen LogP contribution in [0.2, 0.25) is 0 Å². The van der Waals surface area contributed by atoms with E-state index in [4.69, 9.17) is 0 Å². The Balaban J connectivity index is 2.70. The summed E-state index contributed by atoms with van der Waals surface area (Å²) < 4.78 is 0. The van der Waals surface area contributed by atoms with Crippen LogP contribution >= 0.6 is 0 Å². The maximum Gasteiger partial charge on any atom is 0.237 e. The monoisotopic (exact) mass is 251 g/mol. The van der Waals surface area contributed by atoms with E-state index >= 15 is 0 Å². The molecular formula is C14H25N3O. The Kier molecular flexibility index (Phi) is 5.54. The van der Waals surface area contributed by atoms with Crippen LogP contribution in [0.15, 0.2) is 16.6 Å². The lowest BCUT2D eigenvalue weighted by atomic mass is 10.0. The highest BCUT2D eigenvalue weighted by molar-refractivity contribution is 6.02. The van der Waals surface area contributed by atoms with E-state index in [-0.39, 0.29) is 5.91 Å². The Morgan fingerprint density at radius 2 is 2.17 bits per heavy atom. The number of hydrogen-bond acceptors (Lipinski definition) is 3. The first kappa shape index (κ1) is 14.9. The molecule has 18 heavy (non-hydrogen) atoms. The normalized spacial score (nSPS) is 21.4. The third kappa shape index (κ3) is 4.26. The molecule has 1 saturated heterocycles. The Bertz CT molecular complexity index is 356. The van der Waals surface area contributed by atoms with E-state index in [1.54, 1.807) is 0 Å². The number of rotatable bonds is 3. The van der Waals surface area contributed by atoms with Crippen LogP contribution < -0.4 is 0 Å². The summed E-state index contributed by atoms with van der Waals surface area (Å²) >= 11 is 0. The van der Waals surface area contributed by atoms with Crippen molar-refractivity contribution >= 4 is 11.6 Å². The van der Waals surface area contributed by atoms with Crippen LogP contribution in [0.25, 0.3) is 0 Å². The Morgan fingerprint density at radius 1 is 1.50 bits per heavy atom. The fourth-order valence-corrected chi connectivity index (χ4v) is 2.08. The first-order valence-electron chi connectivity index (χ1n) is 6.58. The van der Waals surface area contributed by atoms with E-state index in [9.17, 15) is 4.79 Å². The summed E-state index contributed by atoms with van der Waals surface area (Å²) in [5, 5.41) is 0. The minimum atomic E-state index is 0.197. The molecule has 0 spiro atoms. The molecule has 1 aliphatic heterocycles. The molecule has 1 aliphatic rings. The fourth-order valence-electron chi connectivity index (χ4n) is 2.08. The van der Waals surface area contributed by atoms with E-state index in [2.05, 4.69) is 24.9 Å². The van der Waals surface area contributed by atoms with Gasteiger partial charge in [-0.05, 0) is 40.4 Å². The van der Waals surface area contributed by atoms with Crippen LogP contribution in [0.4, 0.5) is 0 Å². The summed E-state index contributed by atoms with van der Waals surface area (Å²) in [6.07, 6.45) is 2.95. The van der Waals surface area contributed by atoms with Gasteiger partial charge in [-0.25, -0.2) is 0 Å². The lowest BCUT2D eigenvalue weighted by molar-refractivity contribution is -0.131. The molecule has 1 amide bonds. The van der Waals surface area contributed by atoms with Crippen molar-refractivity contribution in [3.8, 4) is 0 Å². The van der Waals surface area contributed by atoms with Crippen molar-refractivity contribution in [1.29, 1.82) is 0 Å². The molecule has 0 aliphatic carbocycles. The molecule has 1 heterocycles. The van der Waals surface area contributed by atoms with Crippen molar-refractivity contribution in [2.75, 3.05) is 33.7 Å². The molecule has 0 aromatic heterocycles. The molecule has 4 heteroatoms. The molecule has 0 N–H and O–H groups in total. The molecule has 0 radical (unpaired) electrons. The lowest BCUT2D eigenvalue weighted by Crippen LogP contribution is -2.44. The number of carbonyl (C=O) groups excluding carboxylic acids is 1. The molecule has 0 aromatic rings. The van der Waals surface area contributed by atoms with Gasteiger partial charge in [-0.2, -0.15) is 0 Å². The van der Waals surface area contributed by atoms with Crippen LogP contribution in [0.3, 0.4) is 0 Å². The number of amides is 1. The molecule has 1 rings (SSSR count). The quantitative estimate of drug-likeness (QED) is 0.763. The maximum absolute atomic E-state index is 12.0. The summed E-state index contributed by atoms with van der Waals surface area (Å²) in [6.45, 7) is 8.16. The van der Waals surface area contributed by atoms with Crippen LogP contribution in [0.1, 0.15) is 27.2 Å². The van der Waals surface area contributed by atoms with Crippen LogP contribution in [0, 0.1) is 0 Å². The summed E-state index contributed by atoms with van der Waals surface area (Å²) in [6, 6.07) is 0.318. The van der Waals surface area contributed by atoms with Crippen molar-refractivity contribution in [3.05, 3.63) is 11.6 Å². The average Bonchev–Trinajstić information content (AvgIpc) is 2.27. The molecule has 0 bridgehead atoms. The topological polar surface area (TPSA) is 35.9 Å². The highest BCUT2D eigenvalue weighted by Gasteiger charge is 2.23. The van der Waals surface area contributed by atoms with E-state index in [0.717, 1.165) is 13.0 Å². The highest BCUT2D eigenvalue weighted by atomic mass is 16.2. The second kappa shape index (κ2) is 6.69. The van der Waals surface area contributed by atoms with E-state index in [1.807, 2.05) is 30.8 Å². The van der Waals surface area contributed by atoms with Gasteiger partial charge in [0.25, 0.3) is 0 Å². The molecular weight excluding hydrogens is 226 g/mol. The molecule has 0 aromatic carbocycles. The minimum Gasteiger partial charge on any atom is -0.337 e. The van der Waals surface area contributed by atoms with Gasteiger partial charge >= 0.3 is 0 Å². The first-order valence-corrected chi connectivity index (χ1v) is 6.58. The highest BCUT2D eigenvalue weighted by Crippen LogP contribution is 2.15. The molecule has 0 atom stereocenters. The fraction of sp³-hybridized carbons (Fsp3) is 0.714. The molecule has 102 valence electrons. The smallest absolute Gasteiger partial charge is 0.237 e. The predicted octanol–water partition coefficient (Wildman–Crippen LogP) is 1.58. The van der Waals surface area contributed by atoms with E-state index in [1.165, 1.54) is 11.3 Å². The van der Waals surface area contributed by atoms with Crippen molar-refractivity contribution < 1.29 is 4.79 Å². The van der Waals surface area contributed by atoms with Gasteiger partial charge in [-0.1, -0.05) is 6.08 Å². The Labute approximate surface area is 110 Å². The summed E-state index contributed by atoms with van der Waals surface area (Å²) in [5.74, 6) is 0.197. The van der Waals surface area contributed by atoms with E-state index < -0.39 is 0 Å². The van der Waals surface area contributed by atoms with Gasteiger partial charge in [0.15, 0.2) is 0 Å². The standard InChI is InChI=1S/C14H25N3O/c1-6-12-9-17(14(18)10-16(4)5)8-7-13(12)15-11(2)3/h6,11H,7-10H2,1-5H3/b12-6-,15-13?. The van der Waals surface area contributed by atoms with Crippen molar-refractivity contribution in [2.45, 2.75) is 33.2 Å². The minimum absolute atomic E-state index is 0.197. The van der Waals surface area contributed by atoms with Gasteiger partial charge in [-0.3, -0.25) is 9.79 Å². The van der Waals surface area contributed by atoms with Gasteiger partial charge in [0.2, 0.25) is 5.91 Å². The molecule has 4 nitrogen and oxygen atoms in total. The number of allylic oxidation sites excluding steroid dienone is 1. The predicted molar refractivity (Wildman–Crippen MR) is 76.1 cm³/mol. The van der Waals surface area contributed by atoms with Crippen LogP contribution in [-0.2, 0) is 4.79 Å². The number of aliphatic imine (C=N–C) groups is 1. The van der Waals surface area contributed by atoms with Crippen molar-refractivity contribution in [2.24, 2.45) is 4.99 Å². The molecule has 0 unspecified atom stereocenters. The number of likely N-dealkylation sites (N-methyl/N-ethyl adjacent to an activating group) is 1. The Hall–Kier alpha value is -1.16. The zero-order valence-corrected chi connectivity index (χ0v) is 12.2. The molecule has 1 fully saturated rings.